The van der Waals surface area contributed by atoms with Crippen molar-refractivity contribution in [1.29, 1.82) is 0 Å². The molecule has 1 aliphatic heterocycles. The number of rotatable bonds is 11. The zero-order valence-corrected chi connectivity index (χ0v) is 26.6. The van der Waals surface area contributed by atoms with Crippen molar-refractivity contribution in [2.75, 3.05) is 31.3 Å². The molecule has 0 radical (unpaired) electrons. The number of fused-ring (bicyclic) bond motifs is 1. The van der Waals surface area contributed by atoms with Crippen LogP contribution in [0.1, 0.15) is 29.0 Å². The standard InChI is InChI=1S/C30H29N7O5S3/c1-42-24-10-4-3-9-23(24)37-26(18-31-28(39)20-12-14-21(15-13-20)45(40,41)36-16-6-7-17-36)34-35-30(37)43-19-27(38)33-29-32-22-8-2-5-11-25(22)44-29/h2-5,8-15H,6-7,16-19H2,1H3,(H,31,39)(H,32,33,38). The number of thiazole rings is 1. The first kappa shape index (κ1) is 30.7. The van der Waals surface area contributed by atoms with Gasteiger partial charge in [0.05, 0.1) is 40.2 Å². The SMILES string of the molecule is COc1ccccc1-n1c(CNC(=O)c2ccc(S(=O)(=O)N3CCCC3)cc2)nnc1SCC(=O)Nc1nc2ccccc2s1. The number of benzene rings is 3. The monoisotopic (exact) mass is 663 g/mol. The van der Waals surface area contributed by atoms with Crippen molar-refractivity contribution in [2.45, 2.75) is 29.4 Å². The molecule has 0 spiro atoms. The summed E-state index contributed by atoms with van der Waals surface area (Å²) in [5, 5.41) is 15.3. The lowest BCUT2D eigenvalue weighted by Gasteiger charge is -2.15. The van der Waals surface area contributed by atoms with E-state index in [4.69, 9.17) is 4.74 Å². The highest BCUT2D eigenvalue weighted by atomic mass is 32.2. The molecule has 3 heterocycles. The summed E-state index contributed by atoms with van der Waals surface area (Å²) < 4.78 is 35.4. The average molecular weight is 664 g/mol. The van der Waals surface area contributed by atoms with Crippen LogP contribution >= 0.6 is 23.1 Å². The van der Waals surface area contributed by atoms with Gasteiger partial charge >= 0.3 is 0 Å². The molecular weight excluding hydrogens is 635 g/mol. The highest BCUT2D eigenvalue weighted by Gasteiger charge is 2.27. The Morgan fingerprint density at radius 2 is 1.71 bits per heavy atom. The molecule has 12 nitrogen and oxygen atoms in total. The van der Waals surface area contributed by atoms with Crippen LogP contribution < -0.4 is 15.4 Å². The second-order valence-electron chi connectivity index (χ2n) is 10.0. The van der Waals surface area contributed by atoms with Crippen molar-refractivity contribution < 1.29 is 22.7 Å². The van der Waals surface area contributed by atoms with Crippen LogP contribution in [0.4, 0.5) is 5.13 Å². The van der Waals surface area contributed by atoms with Crippen LogP contribution in [0, 0.1) is 0 Å². The van der Waals surface area contributed by atoms with E-state index in [2.05, 4.69) is 25.8 Å². The lowest BCUT2D eigenvalue weighted by Crippen LogP contribution is -2.28. The number of sulfonamides is 1. The second kappa shape index (κ2) is 13.4. The normalized spacial score (nSPS) is 13.6. The molecule has 0 saturated carbocycles. The van der Waals surface area contributed by atoms with E-state index in [-0.39, 0.29) is 23.1 Å². The van der Waals surface area contributed by atoms with E-state index in [0.29, 0.717) is 46.2 Å². The second-order valence-corrected chi connectivity index (χ2v) is 14.0. The van der Waals surface area contributed by atoms with E-state index in [0.717, 1.165) is 23.1 Å². The Morgan fingerprint density at radius 1 is 0.978 bits per heavy atom. The fourth-order valence-corrected chi connectivity index (χ4v) is 8.06. The first-order chi connectivity index (χ1) is 21.8. The van der Waals surface area contributed by atoms with Gasteiger partial charge in [0.1, 0.15) is 5.75 Å². The lowest BCUT2D eigenvalue weighted by molar-refractivity contribution is -0.113. The highest BCUT2D eigenvalue weighted by molar-refractivity contribution is 7.99. The van der Waals surface area contributed by atoms with Crippen molar-refractivity contribution in [1.82, 2.24) is 29.4 Å². The van der Waals surface area contributed by atoms with Gasteiger partial charge in [-0.05, 0) is 61.4 Å². The number of carbonyl (C=O) groups excluding carboxylic acids is 2. The number of aromatic nitrogens is 4. The number of methoxy groups -OCH3 is 1. The minimum Gasteiger partial charge on any atom is -0.495 e. The van der Waals surface area contributed by atoms with Gasteiger partial charge in [0, 0.05) is 18.7 Å². The Kier molecular flexibility index (Phi) is 9.11. The van der Waals surface area contributed by atoms with Crippen LogP contribution in [0.3, 0.4) is 0 Å². The molecule has 5 aromatic rings. The summed E-state index contributed by atoms with van der Waals surface area (Å²) in [4.78, 5) is 30.5. The number of anilines is 1. The van der Waals surface area contributed by atoms with Gasteiger partial charge in [0.2, 0.25) is 15.9 Å². The molecule has 3 aromatic carbocycles. The number of nitrogens with zero attached hydrogens (tertiary/aromatic N) is 5. The third kappa shape index (κ3) is 6.71. The predicted molar refractivity (Wildman–Crippen MR) is 172 cm³/mol. The van der Waals surface area contributed by atoms with E-state index in [1.807, 2.05) is 42.5 Å². The van der Waals surface area contributed by atoms with Crippen molar-refractivity contribution >= 4 is 60.3 Å². The lowest BCUT2D eigenvalue weighted by atomic mass is 10.2. The Balaban J connectivity index is 1.16. The van der Waals surface area contributed by atoms with Crippen LogP contribution in [0.15, 0.2) is 82.8 Å². The maximum absolute atomic E-state index is 13.1. The summed E-state index contributed by atoms with van der Waals surface area (Å²) in [6.45, 7) is 1.02. The first-order valence-electron chi connectivity index (χ1n) is 14.1. The number of para-hydroxylation sites is 3. The van der Waals surface area contributed by atoms with Crippen molar-refractivity contribution in [3.63, 3.8) is 0 Å². The van der Waals surface area contributed by atoms with Gasteiger partial charge in [-0.2, -0.15) is 4.31 Å². The third-order valence-corrected chi connectivity index (χ3v) is 10.9. The largest absolute Gasteiger partial charge is 0.495 e. The van der Waals surface area contributed by atoms with Gasteiger partial charge < -0.3 is 15.4 Å². The number of hydrogen-bond donors (Lipinski definition) is 2. The quantitative estimate of drug-likeness (QED) is 0.197. The maximum atomic E-state index is 13.1. The van der Waals surface area contributed by atoms with Crippen molar-refractivity contribution in [3.8, 4) is 11.4 Å². The van der Waals surface area contributed by atoms with E-state index in [1.165, 1.54) is 51.7 Å². The zero-order valence-electron chi connectivity index (χ0n) is 24.2. The molecule has 1 saturated heterocycles. The van der Waals surface area contributed by atoms with Crippen molar-refractivity contribution in [2.24, 2.45) is 0 Å². The Bertz CT molecular complexity index is 1920. The number of amides is 2. The van der Waals surface area contributed by atoms with E-state index < -0.39 is 15.9 Å². The predicted octanol–water partition coefficient (Wildman–Crippen LogP) is 4.33. The van der Waals surface area contributed by atoms with Crippen LogP contribution in [0.25, 0.3) is 15.9 Å². The van der Waals surface area contributed by atoms with Gasteiger partial charge in [-0.25, -0.2) is 13.4 Å². The smallest absolute Gasteiger partial charge is 0.251 e. The zero-order chi connectivity index (χ0) is 31.4. The third-order valence-electron chi connectivity index (χ3n) is 7.13. The van der Waals surface area contributed by atoms with E-state index >= 15 is 0 Å². The summed E-state index contributed by atoms with van der Waals surface area (Å²) >= 11 is 2.58. The van der Waals surface area contributed by atoms with Crippen LogP contribution in [-0.4, -0.2) is 70.2 Å². The molecule has 0 unspecified atom stereocenters. The molecule has 2 amide bonds. The molecular formula is C30H29N7O5S3. The Hall–Kier alpha value is -4.31. The van der Waals surface area contributed by atoms with Gasteiger partial charge in [0.25, 0.3) is 5.91 Å². The topological polar surface area (TPSA) is 148 Å². The van der Waals surface area contributed by atoms with Gasteiger partial charge in [-0.15, -0.1) is 10.2 Å². The van der Waals surface area contributed by atoms with Gasteiger partial charge in [-0.3, -0.25) is 14.2 Å². The summed E-state index contributed by atoms with van der Waals surface area (Å²) in [6.07, 6.45) is 1.69. The first-order valence-corrected chi connectivity index (χ1v) is 17.3. The highest BCUT2D eigenvalue weighted by Crippen LogP contribution is 2.30. The van der Waals surface area contributed by atoms with Gasteiger partial charge in [-0.1, -0.05) is 47.4 Å². The van der Waals surface area contributed by atoms with Gasteiger partial charge in [0.15, 0.2) is 16.1 Å². The molecule has 1 aliphatic rings. The fraction of sp³-hybridized carbons (Fsp3) is 0.233. The molecule has 232 valence electrons. The van der Waals surface area contributed by atoms with E-state index in [9.17, 15) is 18.0 Å². The Labute approximate surface area is 267 Å². The number of hydrogen-bond acceptors (Lipinski definition) is 10. The summed E-state index contributed by atoms with van der Waals surface area (Å²) in [6, 6.07) is 20.8. The molecule has 0 aliphatic carbocycles. The Morgan fingerprint density at radius 3 is 2.47 bits per heavy atom. The van der Waals surface area contributed by atoms with Crippen LogP contribution in [-0.2, 0) is 21.4 Å². The average Bonchev–Trinajstić information content (AvgIpc) is 3.83. The molecule has 2 aromatic heterocycles. The summed E-state index contributed by atoms with van der Waals surface area (Å²) in [7, 11) is -2.03. The van der Waals surface area contributed by atoms with Crippen molar-refractivity contribution in [3.05, 3.63) is 84.2 Å². The maximum Gasteiger partial charge on any atom is 0.251 e. The minimum absolute atomic E-state index is 0.0101. The molecule has 15 heteroatoms. The fourth-order valence-electron chi connectivity index (χ4n) is 4.89. The summed E-state index contributed by atoms with van der Waals surface area (Å²) in [5.41, 5.74) is 1.76. The molecule has 1 fully saturated rings. The molecule has 6 rings (SSSR count). The number of nitrogens with one attached hydrogen (secondary N) is 2. The number of carbonyl (C=O) groups is 2. The molecule has 45 heavy (non-hydrogen) atoms. The number of thioether (sulfide) groups is 1. The van der Waals surface area contributed by atoms with Crippen LogP contribution in [0.2, 0.25) is 0 Å². The van der Waals surface area contributed by atoms with Crippen LogP contribution in [0.5, 0.6) is 5.75 Å². The number of ether oxygens (including phenoxy) is 1. The molecule has 0 atom stereocenters. The molecule has 2 N–H and O–H groups in total. The molecule has 0 bridgehead atoms. The van der Waals surface area contributed by atoms with E-state index in [1.54, 1.807) is 17.7 Å². The summed E-state index contributed by atoms with van der Waals surface area (Å²) in [5.74, 6) is 0.357. The minimum atomic E-state index is -3.58.